The van der Waals surface area contributed by atoms with Crippen LogP contribution < -0.4 is 39.4 Å². The topological polar surface area (TPSA) is 86.7 Å². The Bertz CT molecular complexity index is 869. The molecule has 2 aromatic rings. The molecule has 0 saturated carbocycles. The molecule has 0 aliphatic rings. The van der Waals surface area contributed by atoms with Crippen molar-refractivity contribution < 1.29 is 52.4 Å². The van der Waals surface area contributed by atoms with Crippen LogP contribution in [0.4, 0.5) is 0 Å². The van der Waals surface area contributed by atoms with Gasteiger partial charge < -0.3 is 9.84 Å². The molecule has 0 amide bonds. The number of ether oxygens (including phenoxy) is 1. The molecule has 0 spiro atoms. The van der Waals surface area contributed by atoms with Crippen molar-refractivity contribution >= 4 is 10.1 Å². The summed E-state index contributed by atoms with van der Waals surface area (Å²) in [6, 6.07) is 11.6. The van der Waals surface area contributed by atoms with Gasteiger partial charge in [0.15, 0.2) is 0 Å². The first-order chi connectivity index (χ1) is 14.4. The second kappa shape index (κ2) is 14.9. The van der Waals surface area contributed by atoms with Gasteiger partial charge in [-0.05, 0) is 31.0 Å². The van der Waals surface area contributed by atoms with E-state index in [1.54, 1.807) is 36.4 Å². The van der Waals surface area contributed by atoms with Crippen LogP contribution in [-0.2, 0) is 16.5 Å². The first kappa shape index (κ1) is 28.0. The van der Waals surface area contributed by atoms with Crippen molar-refractivity contribution in [1.82, 2.24) is 0 Å². The van der Waals surface area contributed by atoms with Crippen molar-refractivity contribution in [2.24, 2.45) is 0 Å². The molecule has 0 aliphatic carbocycles. The number of rotatable bonds is 14. The Morgan fingerprint density at radius 2 is 1.39 bits per heavy atom. The van der Waals surface area contributed by atoms with Crippen molar-refractivity contribution in [1.29, 1.82) is 0 Å². The van der Waals surface area contributed by atoms with Gasteiger partial charge in [0.2, 0.25) is 0 Å². The minimum absolute atomic E-state index is 0. The maximum Gasteiger partial charge on any atom is 1.00 e. The van der Waals surface area contributed by atoms with Gasteiger partial charge in [0.1, 0.15) is 16.4 Å². The van der Waals surface area contributed by atoms with Gasteiger partial charge in [-0.15, -0.1) is 0 Å². The molecule has 5 nitrogen and oxygen atoms in total. The van der Waals surface area contributed by atoms with E-state index in [4.69, 9.17) is 4.74 Å². The van der Waals surface area contributed by atoms with E-state index in [1.807, 2.05) is 0 Å². The molecule has 0 aliphatic heterocycles. The molecule has 31 heavy (non-hydrogen) atoms. The number of benzene rings is 2. The zero-order chi connectivity index (χ0) is 21.8. The molecule has 0 radical (unpaired) electrons. The molecule has 0 bridgehead atoms. The fourth-order valence-electron chi connectivity index (χ4n) is 3.53. The zero-order valence-electron chi connectivity index (χ0n) is 18.8. The van der Waals surface area contributed by atoms with Crippen LogP contribution in [0.2, 0.25) is 0 Å². The Labute approximate surface area is 209 Å². The van der Waals surface area contributed by atoms with E-state index >= 15 is 0 Å². The van der Waals surface area contributed by atoms with E-state index in [9.17, 15) is 18.1 Å². The van der Waals surface area contributed by atoms with Crippen LogP contribution in [0, 0.1) is 0 Å². The van der Waals surface area contributed by atoms with Gasteiger partial charge in [-0.3, -0.25) is 4.55 Å². The van der Waals surface area contributed by atoms with Gasteiger partial charge in [-0.25, -0.2) is 0 Å². The Kier molecular flexibility index (Phi) is 13.5. The fourth-order valence-corrected chi connectivity index (χ4v) is 4.25. The van der Waals surface area contributed by atoms with E-state index in [0.29, 0.717) is 17.7 Å². The van der Waals surface area contributed by atoms with Crippen LogP contribution in [0.1, 0.15) is 76.7 Å². The summed E-state index contributed by atoms with van der Waals surface area (Å²) in [5.41, 5.74) is 0.391. The van der Waals surface area contributed by atoms with Gasteiger partial charge in [0.25, 0.3) is 10.1 Å². The molecule has 0 atom stereocenters. The number of hydrogen-bond donors (Lipinski definition) is 1. The third kappa shape index (κ3) is 9.96. The third-order valence-corrected chi connectivity index (χ3v) is 6.09. The smallest absolute Gasteiger partial charge is 0.871 e. The number of para-hydroxylation sites is 1. The van der Waals surface area contributed by atoms with Crippen molar-refractivity contribution in [2.75, 3.05) is 0 Å². The van der Waals surface area contributed by atoms with Gasteiger partial charge >= 0.3 is 29.6 Å². The van der Waals surface area contributed by atoms with Crippen molar-refractivity contribution in [3.8, 4) is 17.2 Å². The van der Waals surface area contributed by atoms with Gasteiger partial charge in [0, 0.05) is 0 Å². The molecule has 0 aromatic heterocycles. The number of hydrogen-bond acceptors (Lipinski definition) is 4. The van der Waals surface area contributed by atoms with Crippen molar-refractivity contribution in [2.45, 2.75) is 82.4 Å². The summed E-state index contributed by atoms with van der Waals surface area (Å²) < 4.78 is 38.8. The minimum atomic E-state index is -4.70. The van der Waals surface area contributed by atoms with E-state index in [-0.39, 0.29) is 35.3 Å². The Morgan fingerprint density at radius 1 is 0.839 bits per heavy atom. The average Bonchev–Trinajstić information content (AvgIpc) is 2.70. The monoisotopic (exact) mass is 456 g/mol. The maximum atomic E-state index is 12.7. The molecule has 2 rings (SSSR count). The van der Waals surface area contributed by atoms with E-state index in [2.05, 4.69) is 6.92 Å². The molecule has 0 fully saturated rings. The van der Waals surface area contributed by atoms with Crippen LogP contribution in [0.15, 0.2) is 47.4 Å². The summed E-state index contributed by atoms with van der Waals surface area (Å²) in [5.74, 6) is -0.438. The molecule has 166 valence electrons. The maximum absolute atomic E-state index is 12.7. The molecular formula is C24H33NaO5S. The molecular weight excluding hydrogens is 423 g/mol. The summed E-state index contributed by atoms with van der Waals surface area (Å²) in [6.07, 6.45) is 12.3. The first-order valence-electron chi connectivity index (χ1n) is 11.0. The molecule has 0 heterocycles. The Hall–Kier alpha value is -1.05. The van der Waals surface area contributed by atoms with Gasteiger partial charge in [-0.1, -0.05) is 100 Å². The van der Waals surface area contributed by atoms with Crippen LogP contribution >= 0.6 is 0 Å². The molecule has 0 saturated heterocycles. The molecule has 1 N–H and O–H groups in total. The number of unbranched alkanes of at least 4 members (excludes halogenated alkanes) is 9. The Morgan fingerprint density at radius 3 is 1.94 bits per heavy atom. The van der Waals surface area contributed by atoms with E-state index in [0.717, 1.165) is 19.3 Å². The summed E-state index contributed by atoms with van der Waals surface area (Å²) in [7, 11) is -4.70. The van der Waals surface area contributed by atoms with Gasteiger partial charge in [0.05, 0.1) is 0 Å². The summed E-state index contributed by atoms with van der Waals surface area (Å²) in [6.45, 7) is 2.22. The first-order valence-corrected chi connectivity index (χ1v) is 12.4. The summed E-state index contributed by atoms with van der Waals surface area (Å²) in [5, 5.41) is 12.7. The van der Waals surface area contributed by atoms with E-state index < -0.39 is 20.8 Å². The molecule has 0 unspecified atom stereocenters. The SMILES string of the molecule is CCCCCCCCCCCCc1ccc(Oc2ccccc2)c(S(=O)(=O)O)c1[O-].[Na+]. The average molecular weight is 457 g/mol. The summed E-state index contributed by atoms with van der Waals surface area (Å²) in [4.78, 5) is -0.684. The minimum Gasteiger partial charge on any atom is -0.871 e. The van der Waals surface area contributed by atoms with Crippen LogP contribution in [0.25, 0.3) is 0 Å². The molecule has 2 aromatic carbocycles. The predicted molar refractivity (Wildman–Crippen MR) is 118 cm³/mol. The fraction of sp³-hybridized carbons (Fsp3) is 0.500. The Balaban J connectivity index is 0.00000480. The largest absolute Gasteiger partial charge is 1.00 e. The van der Waals surface area contributed by atoms with Crippen LogP contribution in [-0.4, -0.2) is 13.0 Å². The normalized spacial score (nSPS) is 11.2. The second-order valence-corrected chi connectivity index (χ2v) is 9.06. The second-order valence-electron chi connectivity index (χ2n) is 7.70. The van der Waals surface area contributed by atoms with Crippen LogP contribution in [0.5, 0.6) is 17.2 Å². The van der Waals surface area contributed by atoms with Crippen molar-refractivity contribution in [3.05, 3.63) is 48.0 Å². The molecule has 7 heteroatoms. The van der Waals surface area contributed by atoms with Gasteiger partial charge in [-0.2, -0.15) is 8.42 Å². The number of aryl methyl sites for hydroxylation is 1. The standard InChI is InChI=1S/C24H34O5S.Na/c1-2-3-4-5-6-7-8-9-10-12-15-20-18-19-22(24(23(20)25)30(26,27)28)29-21-16-13-11-14-17-21;/h11,13-14,16-19,25H,2-10,12,15H2,1H3,(H,26,27,28);/q;+1/p-1. The summed E-state index contributed by atoms with van der Waals surface area (Å²) >= 11 is 0. The van der Waals surface area contributed by atoms with Crippen LogP contribution in [0.3, 0.4) is 0 Å². The van der Waals surface area contributed by atoms with E-state index in [1.165, 1.54) is 51.0 Å². The quantitative estimate of drug-likeness (QED) is 0.268. The van der Waals surface area contributed by atoms with Crippen molar-refractivity contribution in [3.63, 3.8) is 0 Å². The zero-order valence-corrected chi connectivity index (χ0v) is 21.6. The third-order valence-electron chi connectivity index (χ3n) is 5.19. The predicted octanol–water partition coefficient (Wildman–Crippen LogP) is 3.27.